The van der Waals surface area contributed by atoms with Crippen LogP contribution in [-0.2, 0) is 0 Å². The molecule has 1 N–H and O–H groups in total. The highest BCUT2D eigenvalue weighted by Crippen LogP contribution is 2.21. The van der Waals surface area contributed by atoms with E-state index in [2.05, 4.69) is 12.2 Å². The summed E-state index contributed by atoms with van der Waals surface area (Å²) in [7, 11) is 0. The first kappa shape index (κ1) is 14.1. The van der Waals surface area contributed by atoms with Gasteiger partial charge in [0.1, 0.15) is 0 Å². The van der Waals surface area contributed by atoms with Gasteiger partial charge in [-0.2, -0.15) is 0 Å². The molecule has 1 atom stereocenters. The van der Waals surface area contributed by atoms with E-state index in [1.54, 1.807) is 6.07 Å². The van der Waals surface area contributed by atoms with Crippen LogP contribution >= 0.6 is 0 Å². The second-order valence-electron chi connectivity index (χ2n) is 4.28. The van der Waals surface area contributed by atoms with Gasteiger partial charge in [0.15, 0.2) is 11.6 Å². The summed E-state index contributed by atoms with van der Waals surface area (Å²) >= 11 is 0. The van der Waals surface area contributed by atoms with Gasteiger partial charge in [-0.15, -0.1) is 0 Å². The molecule has 1 nitrogen and oxygen atoms in total. The quantitative estimate of drug-likeness (QED) is 0.706. The Morgan fingerprint density at radius 1 is 1.12 bits per heavy atom. The number of unbranched alkanes of at least 4 members (excludes halogenated alkanes) is 2. The van der Waals surface area contributed by atoms with Crippen LogP contribution in [0.15, 0.2) is 18.2 Å². The van der Waals surface area contributed by atoms with Crippen LogP contribution in [0.2, 0.25) is 0 Å². The van der Waals surface area contributed by atoms with Crippen LogP contribution in [0.25, 0.3) is 0 Å². The molecule has 1 aromatic rings. The first-order chi connectivity index (χ1) is 8.19. The monoisotopic (exact) mass is 241 g/mol. The van der Waals surface area contributed by atoms with E-state index in [1.165, 1.54) is 18.6 Å². The zero-order valence-corrected chi connectivity index (χ0v) is 10.6. The van der Waals surface area contributed by atoms with Gasteiger partial charge in [0.25, 0.3) is 0 Å². The summed E-state index contributed by atoms with van der Waals surface area (Å²) in [5.74, 6) is -1.54. The number of nitrogens with one attached hydrogen (secondary N) is 1. The molecule has 1 rings (SSSR count). The first-order valence-electron chi connectivity index (χ1n) is 6.37. The maximum absolute atomic E-state index is 13.2. The average Bonchev–Trinajstić information content (AvgIpc) is 2.32. The van der Waals surface area contributed by atoms with E-state index in [9.17, 15) is 8.78 Å². The number of hydrogen-bond donors (Lipinski definition) is 1. The van der Waals surface area contributed by atoms with E-state index >= 15 is 0 Å². The molecule has 0 saturated heterocycles. The Bertz CT molecular complexity index is 339. The predicted octanol–water partition coefficient (Wildman–Crippen LogP) is 4.20. The molecule has 96 valence electrons. The largest absolute Gasteiger partial charge is 0.310 e. The van der Waals surface area contributed by atoms with Gasteiger partial charge in [-0.3, -0.25) is 0 Å². The van der Waals surface area contributed by atoms with Crippen molar-refractivity contribution < 1.29 is 8.78 Å². The molecule has 0 saturated carbocycles. The minimum Gasteiger partial charge on any atom is -0.310 e. The van der Waals surface area contributed by atoms with Crippen molar-refractivity contribution >= 4 is 0 Å². The topological polar surface area (TPSA) is 12.0 Å². The molecule has 0 heterocycles. The van der Waals surface area contributed by atoms with E-state index in [4.69, 9.17) is 0 Å². The van der Waals surface area contributed by atoms with Gasteiger partial charge in [-0.25, -0.2) is 8.78 Å². The van der Waals surface area contributed by atoms with Crippen LogP contribution in [0.1, 0.15) is 51.1 Å². The number of halogens is 2. The van der Waals surface area contributed by atoms with E-state index in [0.29, 0.717) is 0 Å². The molecule has 0 aromatic heterocycles. The van der Waals surface area contributed by atoms with Crippen molar-refractivity contribution in [3.63, 3.8) is 0 Å². The Morgan fingerprint density at radius 3 is 2.47 bits per heavy atom. The highest BCUT2D eigenvalue weighted by Gasteiger charge is 2.12. The summed E-state index contributed by atoms with van der Waals surface area (Å²) in [6, 6.07) is 4.29. The Morgan fingerprint density at radius 2 is 1.88 bits per heavy atom. The molecule has 0 bridgehead atoms. The Balaban J connectivity index is 2.70. The molecule has 0 aliphatic carbocycles. The molecule has 0 aliphatic rings. The fourth-order valence-electron chi connectivity index (χ4n) is 1.96. The van der Waals surface area contributed by atoms with E-state index in [0.717, 1.165) is 31.4 Å². The number of benzene rings is 1. The van der Waals surface area contributed by atoms with Crippen molar-refractivity contribution in [1.82, 2.24) is 5.32 Å². The van der Waals surface area contributed by atoms with E-state index in [-0.39, 0.29) is 6.04 Å². The molecule has 0 amide bonds. The van der Waals surface area contributed by atoms with Crippen LogP contribution in [0, 0.1) is 11.6 Å². The number of hydrogen-bond acceptors (Lipinski definition) is 1. The maximum Gasteiger partial charge on any atom is 0.159 e. The van der Waals surface area contributed by atoms with E-state index < -0.39 is 11.6 Å². The van der Waals surface area contributed by atoms with Crippen molar-refractivity contribution in [3.05, 3.63) is 35.4 Å². The fraction of sp³-hybridized carbons (Fsp3) is 0.571. The Kier molecular flexibility index (Phi) is 6.12. The smallest absolute Gasteiger partial charge is 0.159 e. The summed E-state index contributed by atoms with van der Waals surface area (Å²) in [5, 5.41) is 3.32. The summed E-state index contributed by atoms with van der Waals surface area (Å²) < 4.78 is 26.0. The lowest BCUT2D eigenvalue weighted by atomic mass is 10.00. The fourth-order valence-corrected chi connectivity index (χ4v) is 1.96. The van der Waals surface area contributed by atoms with Crippen LogP contribution in [0.5, 0.6) is 0 Å². The Hall–Kier alpha value is -0.960. The molecule has 3 heteroatoms. The average molecular weight is 241 g/mol. The van der Waals surface area contributed by atoms with Crippen molar-refractivity contribution in [1.29, 1.82) is 0 Å². The van der Waals surface area contributed by atoms with Crippen LogP contribution < -0.4 is 5.32 Å². The third kappa shape index (κ3) is 4.43. The lowest BCUT2D eigenvalue weighted by Crippen LogP contribution is -2.21. The molecular formula is C14H21F2N. The highest BCUT2D eigenvalue weighted by atomic mass is 19.2. The van der Waals surface area contributed by atoms with Crippen molar-refractivity contribution in [2.75, 3.05) is 6.54 Å². The molecule has 0 aliphatic heterocycles. The van der Waals surface area contributed by atoms with Crippen LogP contribution in [0.3, 0.4) is 0 Å². The normalized spacial score (nSPS) is 12.7. The molecule has 0 fully saturated rings. The standard InChI is InChI=1S/C14H21F2N/c1-3-5-6-7-14(17-4-2)11-8-9-12(15)13(16)10-11/h8-10,14,17H,3-7H2,1-2H3. The molecular weight excluding hydrogens is 220 g/mol. The number of rotatable bonds is 7. The van der Waals surface area contributed by atoms with Gasteiger partial charge in [0.2, 0.25) is 0 Å². The minimum atomic E-state index is -0.780. The second-order valence-corrected chi connectivity index (χ2v) is 4.28. The third-order valence-electron chi connectivity index (χ3n) is 2.89. The molecule has 1 unspecified atom stereocenters. The minimum absolute atomic E-state index is 0.127. The summed E-state index contributed by atoms with van der Waals surface area (Å²) in [6.07, 6.45) is 4.40. The highest BCUT2D eigenvalue weighted by molar-refractivity contribution is 5.21. The first-order valence-corrected chi connectivity index (χ1v) is 6.37. The zero-order valence-electron chi connectivity index (χ0n) is 10.6. The molecule has 0 radical (unpaired) electrons. The van der Waals surface area contributed by atoms with Gasteiger partial charge in [-0.1, -0.05) is 39.2 Å². The van der Waals surface area contributed by atoms with Gasteiger partial charge in [0.05, 0.1) is 0 Å². The lowest BCUT2D eigenvalue weighted by Gasteiger charge is -2.18. The van der Waals surface area contributed by atoms with Crippen molar-refractivity contribution in [2.24, 2.45) is 0 Å². The molecule has 17 heavy (non-hydrogen) atoms. The maximum atomic E-state index is 13.2. The van der Waals surface area contributed by atoms with Gasteiger partial charge < -0.3 is 5.32 Å². The molecule has 0 spiro atoms. The second kappa shape index (κ2) is 7.38. The van der Waals surface area contributed by atoms with Crippen LogP contribution in [-0.4, -0.2) is 6.54 Å². The van der Waals surface area contributed by atoms with Crippen molar-refractivity contribution in [3.8, 4) is 0 Å². The lowest BCUT2D eigenvalue weighted by molar-refractivity contribution is 0.473. The third-order valence-corrected chi connectivity index (χ3v) is 2.89. The van der Waals surface area contributed by atoms with Crippen molar-refractivity contribution in [2.45, 2.75) is 45.6 Å². The van der Waals surface area contributed by atoms with Gasteiger partial charge in [-0.05, 0) is 30.7 Å². The zero-order chi connectivity index (χ0) is 12.7. The molecule has 1 aromatic carbocycles. The Labute approximate surface area is 102 Å². The van der Waals surface area contributed by atoms with Crippen LogP contribution in [0.4, 0.5) is 8.78 Å². The SMILES string of the molecule is CCCCCC(NCC)c1ccc(F)c(F)c1. The summed E-state index contributed by atoms with van der Waals surface area (Å²) in [4.78, 5) is 0. The summed E-state index contributed by atoms with van der Waals surface area (Å²) in [6.45, 7) is 5.00. The predicted molar refractivity (Wildman–Crippen MR) is 66.9 cm³/mol. The van der Waals surface area contributed by atoms with Gasteiger partial charge >= 0.3 is 0 Å². The van der Waals surface area contributed by atoms with Gasteiger partial charge in [0, 0.05) is 6.04 Å². The summed E-state index contributed by atoms with van der Waals surface area (Å²) in [5.41, 5.74) is 0.835. The van der Waals surface area contributed by atoms with E-state index in [1.807, 2.05) is 6.92 Å².